The van der Waals surface area contributed by atoms with Gasteiger partial charge >= 0.3 is 110 Å². The van der Waals surface area contributed by atoms with Crippen LogP contribution in [-0.2, 0) is 16.7 Å². The van der Waals surface area contributed by atoms with Crippen LogP contribution in [0.25, 0.3) is 5.70 Å². The van der Waals surface area contributed by atoms with Crippen LogP contribution in [-0.4, -0.2) is 19.0 Å². The summed E-state index contributed by atoms with van der Waals surface area (Å²) in [6.45, 7) is 5.83. The fraction of sp³-hybridized carbons (Fsp3) is 0.333. The molecule has 2 rings (SSSR count). The SMILES string of the molecule is B#[S-](C)Nc1ccc(SC)c2c1CCC=C2N. The zero-order chi connectivity index (χ0) is 12.4. The molecule has 1 aromatic rings. The Hall–Kier alpha value is -0.675. The van der Waals surface area contributed by atoms with Gasteiger partial charge in [-0.05, 0) is 0 Å². The number of nitrogens with two attached hydrogens (primary N) is 1. The monoisotopic (exact) mass is 263 g/mol. The van der Waals surface area contributed by atoms with Gasteiger partial charge in [-0.3, -0.25) is 0 Å². The Labute approximate surface area is 110 Å². The third-order valence-corrected chi connectivity index (χ3v) is 4.13. The molecule has 0 bridgehead atoms. The van der Waals surface area contributed by atoms with Gasteiger partial charge in [-0.25, -0.2) is 0 Å². The fourth-order valence-corrected chi connectivity index (χ4v) is 3.30. The van der Waals surface area contributed by atoms with Gasteiger partial charge in [0, 0.05) is 0 Å². The molecule has 0 radical (unpaired) electrons. The van der Waals surface area contributed by atoms with Crippen LogP contribution in [0.4, 0.5) is 5.69 Å². The van der Waals surface area contributed by atoms with Crippen LogP contribution < -0.4 is 10.5 Å². The predicted octanol–water partition coefficient (Wildman–Crippen LogP) is 2.31. The van der Waals surface area contributed by atoms with E-state index in [0.717, 1.165) is 24.2 Å². The maximum absolute atomic E-state index is 6.11. The average Bonchev–Trinajstić information content (AvgIpc) is 2.29. The Morgan fingerprint density at radius 2 is 2.24 bits per heavy atom. The normalized spacial score (nSPS) is 14.5. The molecule has 0 spiro atoms. The Morgan fingerprint density at radius 1 is 1.47 bits per heavy atom. The van der Waals surface area contributed by atoms with Gasteiger partial charge in [0.1, 0.15) is 0 Å². The van der Waals surface area contributed by atoms with Crippen LogP contribution in [0.2, 0.25) is 0 Å². The topological polar surface area (TPSA) is 38.0 Å². The van der Waals surface area contributed by atoms with Crippen LogP contribution in [0.15, 0.2) is 23.1 Å². The van der Waals surface area contributed by atoms with Crippen molar-refractivity contribution in [3.8, 4) is 0 Å². The molecule has 0 atom stereocenters. The van der Waals surface area contributed by atoms with Crippen molar-refractivity contribution in [1.82, 2.24) is 0 Å². The number of hydrogen-bond donors (Lipinski definition) is 2. The summed E-state index contributed by atoms with van der Waals surface area (Å²) in [5.74, 6) is 0. The van der Waals surface area contributed by atoms with Gasteiger partial charge in [-0.2, -0.15) is 0 Å². The van der Waals surface area contributed by atoms with Crippen LogP contribution >= 0.6 is 11.8 Å². The van der Waals surface area contributed by atoms with E-state index in [4.69, 9.17) is 12.3 Å². The first-order valence-corrected chi connectivity index (χ1v) is 8.38. The molecule has 3 N–H and O–H groups in total. The molecule has 0 unspecified atom stereocenters. The van der Waals surface area contributed by atoms with Gasteiger partial charge < -0.3 is 0 Å². The van der Waals surface area contributed by atoms with E-state index in [1.165, 1.54) is 16.0 Å². The Balaban J connectivity index is 2.57. The van der Waals surface area contributed by atoms with E-state index < -0.39 is 0 Å². The van der Waals surface area contributed by atoms with Gasteiger partial charge in [0.15, 0.2) is 0 Å². The summed E-state index contributed by atoms with van der Waals surface area (Å²) in [6, 6.07) is 4.23. The zero-order valence-corrected chi connectivity index (χ0v) is 11.8. The number of nitrogens with one attached hydrogen (secondary N) is 1. The van der Waals surface area contributed by atoms with Crippen LogP contribution in [0.1, 0.15) is 17.5 Å². The zero-order valence-electron chi connectivity index (χ0n) is 10.1. The van der Waals surface area contributed by atoms with Crippen molar-refractivity contribution in [3.63, 3.8) is 0 Å². The number of benzene rings is 1. The third kappa shape index (κ3) is 2.60. The Morgan fingerprint density at radius 3 is 2.88 bits per heavy atom. The molecule has 0 amide bonds. The van der Waals surface area contributed by atoms with Crippen molar-refractivity contribution in [3.05, 3.63) is 29.3 Å². The Bertz CT molecular complexity index is 543. The molecule has 1 aromatic carbocycles. The number of thioether (sulfide) groups is 1. The van der Waals surface area contributed by atoms with Gasteiger partial charge in [-0.15, -0.1) is 0 Å². The van der Waals surface area contributed by atoms with Gasteiger partial charge in [0.05, 0.1) is 0 Å². The first-order chi connectivity index (χ1) is 8.13. The minimum atomic E-state index is -0.301. The van der Waals surface area contributed by atoms with Crippen LogP contribution in [0.5, 0.6) is 0 Å². The fourth-order valence-electron chi connectivity index (χ4n) is 2.12. The van der Waals surface area contributed by atoms with E-state index in [2.05, 4.69) is 29.2 Å². The molecule has 0 fully saturated rings. The summed E-state index contributed by atoms with van der Waals surface area (Å²) in [4.78, 5) is 1.24. The van der Waals surface area contributed by atoms with Gasteiger partial charge in [-0.1, -0.05) is 0 Å². The van der Waals surface area contributed by atoms with E-state index in [0.29, 0.717) is 0 Å². The number of fused-ring (bicyclic) bond motifs is 1. The van der Waals surface area contributed by atoms with Crippen molar-refractivity contribution in [1.29, 1.82) is 0 Å². The van der Waals surface area contributed by atoms with Gasteiger partial charge in [0.2, 0.25) is 0 Å². The number of anilines is 1. The Kier molecular flexibility index (Phi) is 3.99. The van der Waals surface area contributed by atoms with Crippen molar-refractivity contribution in [2.45, 2.75) is 17.7 Å². The molecule has 0 aromatic heterocycles. The van der Waals surface area contributed by atoms with Gasteiger partial charge in [0.25, 0.3) is 0 Å². The van der Waals surface area contributed by atoms with Crippen molar-refractivity contribution < 1.29 is 0 Å². The van der Waals surface area contributed by atoms with Crippen molar-refractivity contribution in [2.24, 2.45) is 5.73 Å². The molecule has 90 valence electrons. The molecular weight excluding hydrogens is 247 g/mol. The van der Waals surface area contributed by atoms with E-state index in [1.54, 1.807) is 11.8 Å². The number of rotatable bonds is 2. The average molecular weight is 263 g/mol. The standard InChI is InChI=1S/C12H16BN2S2/c1-16-11-7-6-10(15-17(2)13)8-4-3-5-9(14)12(8)11/h5-7,15H,3-4,14H2,1-2H3/q-1. The third-order valence-electron chi connectivity index (χ3n) is 2.81. The summed E-state index contributed by atoms with van der Waals surface area (Å²) in [7, 11) is -0.301. The second-order valence-electron chi connectivity index (χ2n) is 4.03. The van der Waals surface area contributed by atoms with E-state index >= 15 is 0 Å². The number of allylic oxidation sites excluding steroid dienone is 1. The second-order valence-corrected chi connectivity index (χ2v) is 6.19. The van der Waals surface area contributed by atoms with Crippen LogP contribution in [0, 0.1) is 0 Å². The molecule has 0 saturated heterocycles. The summed E-state index contributed by atoms with van der Waals surface area (Å²) in [5, 5.41) is 0. The molecule has 5 heteroatoms. The molecule has 0 aliphatic heterocycles. The summed E-state index contributed by atoms with van der Waals surface area (Å²) in [5.41, 5.74) is 10.6. The summed E-state index contributed by atoms with van der Waals surface area (Å²) in [6.07, 6.45) is 8.20. The molecule has 0 heterocycles. The summed E-state index contributed by atoms with van der Waals surface area (Å²) >= 11 is 1.74. The first-order valence-electron chi connectivity index (χ1n) is 5.46. The van der Waals surface area contributed by atoms with E-state index in [-0.39, 0.29) is 10.3 Å². The molecule has 1 aliphatic rings. The van der Waals surface area contributed by atoms with E-state index in [1.807, 2.05) is 6.26 Å². The van der Waals surface area contributed by atoms with Crippen molar-refractivity contribution >= 4 is 40.0 Å². The minimum absolute atomic E-state index is 0.301. The maximum atomic E-state index is 6.11. The predicted molar refractivity (Wildman–Crippen MR) is 81.4 cm³/mol. The summed E-state index contributed by atoms with van der Waals surface area (Å²) < 4.78 is 3.32. The molecule has 1 aliphatic carbocycles. The molecule has 2 nitrogen and oxygen atoms in total. The molecular formula is C12H16BN2S2-. The first kappa shape index (κ1) is 12.8. The van der Waals surface area contributed by atoms with Crippen molar-refractivity contribution in [2.75, 3.05) is 17.2 Å². The quantitative estimate of drug-likeness (QED) is 0.488. The molecule has 17 heavy (non-hydrogen) atoms. The second kappa shape index (κ2) is 5.31. The molecule has 0 saturated carbocycles. The van der Waals surface area contributed by atoms with Crippen LogP contribution in [0.3, 0.4) is 0 Å². The number of hydrogen-bond acceptors (Lipinski definition) is 4. The van der Waals surface area contributed by atoms with E-state index in [9.17, 15) is 0 Å².